The number of hydrogen-bond donors (Lipinski definition) is 3. The van der Waals surface area contributed by atoms with Crippen LogP contribution in [0.4, 0.5) is 34.6 Å². The number of ether oxygens (including phenoxy) is 1. The molecule has 226 valence electrons. The van der Waals surface area contributed by atoms with E-state index in [9.17, 15) is 14.7 Å². The predicted octanol–water partition coefficient (Wildman–Crippen LogP) is 1.28. The Bertz CT molecular complexity index is 1820. The summed E-state index contributed by atoms with van der Waals surface area (Å²) in [7, 11) is 4.41. The van der Waals surface area contributed by atoms with Crippen molar-refractivity contribution < 1.29 is 19.4 Å². The molecule has 21 nitrogen and oxygen atoms in total. The zero-order valence-electron chi connectivity index (χ0n) is 24.0. The first kappa shape index (κ1) is 29.2. The van der Waals surface area contributed by atoms with Crippen LogP contribution in [0.1, 0.15) is 32.1 Å². The summed E-state index contributed by atoms with van der Waals surface area (Å²) in [5.74, 6) is -0.783. The number of nitrogen functional groups attached to an aromatic ring is 2. The van der Waals surface area contributed by atoms with Gasteiger partial charge in [-0.25, -0.2) is 14.2 Å². The number of azo groups is 2. The van der Waals surface area contributed by atoms with E-state index in [0.29, 0.717) is 11.4 Å². The Morgan fingerprint density at radius 2 is 1.32 bits per heavy atom. The molecule has 0 atom stereocenters. The largest absolute Gasteiger partial charge is 0.465 e. The molecular formula is C23H25N17O4. The van der Waals surface area contributed by atoms with Crippen LogP contribution in [0.15, 0.2) is 39.2 Å². The van der Waals surface area contributed by atoms with Crippen molar-refractivity contribution in [2.24, 2.45) is 34.6 Å². The number of Topliss-reactive ketones (excluding diaryl/α,β-unsaturated/α-hetero) is 1. The van der Waals surface area contributed by atoms with Gasteiger partial charge in [0.1, 0.15) is 18.5 Å². The molecule has 0 aliphatic carbocycles. The summed E-state index contributed by atoms with van der Waals surface area (Å²) in [5.41, 5.74) is 14.0. The minimum absolute atomic E-state index is 0.0158. The average Bonchev–Trinajstić information content (AvgIpc) is 3.74. The molecule has 0 aromatic carbocycles. The van der Waals surface area contributed by atoms with Crippen LogP contribution in [0.25, 0.3) is 11.9 Å². The Morgan fingerprint density at radius 1 is 0.841 bits per heavy atom. The van der Waals surface area contributed by atoms with Crippen molar-refractivity contribution in [1.29, 1.82) is 0 Å². The zero-order chi connectivity index (χ0) is 31.7. The van der Waals surface area contributed by atoms with E-state index in [-0.39, 0.29) is 57.7 Å². The lowest BCUT2D eigenvalue weighted by Crippen LogP contribution is -2.12. The van der Waals surface area contributed by atoms with Crippen LogP contribution in [0.5, 0.6) is 0 Å². The highest BCUT2D eigenvalue weighted by Crippen LogP contribution is 2.32. The molecule has 5 aromatic heterocycles. The molecule has 5 heterocycles. The highest BCUT2D eigenvalue weighted by atomic mass is 16.5. The van der Waals surface area contributed by atoms with Gasteiger partial charge in [0.15, 0.2) is 40.4 Å². The second-order valence-electron chi connectivity index (χ2n) is 9.03. The fourth-order valence-corrected chi connectivity index (χ4v) is 3.94. The predicted molar refractivity (Wildman–Crippen MR) is 150 cm³/mol. The summed E-state index contributed by atoms with van der Waals surface area (Å²) in [6.45, 7) is 2.59. The van der Waals surface area contributed by atoms with Gasteiger partial charge in [-0.1, -0.05) is 0 Å². The summed E-state index contributed by atoms with van der Waals surface area (Å²) in [6, 6.07) is 0. The van der Waals surface area contributed by atoms with Crippen LogP contribution < -0.4 is 11.5 Å². The van der Waals surface area contributed by atoms with E-state index < -0.39 is 18.4 Å². The molecule has 44 heavy (non-hydrogen) atoms. The summed E-state index contributed by atoms with van der Waals surface area (Å²) in [6.07, 6.45) is 3.82. The molecule has 5 aromatic rings. The Labute approximate surface area is 246 Å². The summed E-state index contributed by atoms with van der Waals surface area (Å²) in [5, 5.41) is 42.6. The van der Waals surface area contributed by atoms with Gasteiger partial charge in [-0.2, -0.15) is 44.7 Å². The molecule has 0 saturated carbocycles. The van der Waals surface area contributed by atoms with Gasteiger partial charge in [-0.15, -0.1) is 20.5 Å². The van der Waals surface area contributed by atoms with Crippen molar-refractivity contribution >= 4 is 46.4 Å². The Hall–Kier alpha value is -6.25. The fourth-order valence-electron chi connectivity index (χ4n) is 3.94. The fraction of sp³-hybridized carbons (Fsp3) is 0.261. The number of aromatic nitrogens is 11. The van der Waals surface area contributed by atoms with Crippen molar-refractivity contribution in [1.82, 2.24) is 54.1 Å². The van der Waals surface area contributed by atoms with Crippen molar-refractivity contribution in [3.63, 3.8) is 0 Å². The van der Waals surface area contributed by atoms with Crippen molar-refractivity contribution in [2.45, 2.75) is 13.8 Å². The number of nitrogens with zero attached hydrogens (tertiary/aromatic N) is 15. The number of anilines is 2. The van der Waals surface area contributed by atoms with Crippen LogP contribution in [-0.2, 0) is 18.8 Å². The topological polar surface area (TPSA) is 275 Å². The maximum Gasteiger partial charge on any atom is 0.343 e. The minimum Gasteiger partial charge on any atom is -0.465 e. The van der Waals surface area contributed by atoms with Crippen LogP contribution in [0.2, 0.25) is 0 Å². The lowest BCUT2D eigenvalue weighted by molar-refractivity contribution is 0.0601. The maximum absolute atomic E-state index is 12.0. The first-order valence-electron chi connectivity index (χ1n) is 12.6. The number of nitrogens with two attached hydrogens (primary N) is 2. The summed E-state index contributed by atoms with van der Waals surface area (Å²) >= 11 is 0. The highest BCUT2D eigenvalue weighted by Gasteiger charge is 2.22. The van der Waals surface area contributed by atoms with Crippen LogP contribution in [0, 0.1) is 13.8 Å². The monoisotopic (exact) mass is 603 g/mol. The van der Waals surface area contributed by atoms with E-state index >= 15 is 0 Å². The van der Waals surface area contributed by atoms with Crippen LogP contribution in [-0.4, -0.2) is 84.6 Å². The summed E-state index contributed by atoms with van der Waals surface area (Å²) in [4.78, 5) is 36.8. The molecule has 5 N–H and O–H groups in total. The lowest BCUT2D eigenvalue weighted by Gasteiger charge is -2.05. The molecule has 0 saturated heterocycles. The van der Waals surface area contributed by atoms with E-state index in [0.717, 1.165) is 0 Å². The SMILES string of the molecule is COC(=O)c1cnn(C)c1N=Nc1c(C)nn(-c2ncnc(-n3nc(C)c(N=Nc4c(C(=O)CO)cnn4C)c3N)n2)c1N. The first-order valence-corrected chi connectivity index (χ1v) is 12.6. The number of esters is 1. The molecule has 0 spiro atoms. The van der Waals surface area contributed by atoms with E-state index in [4.69, 9.17) is 16.2 Å². The molecule has 5 rings (SSSR count). The maximum atomic E-state index is 12.0. The number of ketones is 1. The second kappa shape index (κ2) is 11.6. The standard InChI is InChI=1S/C23H25N17O4/c1-10-15(31-33-19-12(14(42)8-41)6-28-37(19)3)17(24)39(35-10)22-26-9-27-23(30-22)40-18(25)16(11(2)36-40)32-34-20-13(21(43)44-5)7-29-38(20)4/h6-7,9,41H,8,24-25H2,1-5H3. The lowest BCUT2D eigenvalue weighted by atomic mass is 10.2. The van der Waals surface area contributed by atoms with Crippen molar-refractivity contribution in [2.75, 3.05) is 25.2 Å². The summed E-state index contributed by atoms with van der Waals surface area (Å²) < 4.78 is 9.91. The third-order valence-corrected chi connectivity index (χ3v) is 6.21. The molecule has 0 aliphatic rings. The van der Waals surface area contributed by atoms with Gasteiger partial charge < -0.3 is 21.3 Å². The quantitative estimate of drug-likeness (QED) is 0.122. The number of rotatable bonds is 9. The molecule has 21 heteroatoms. The number of hydrogen-bond acceptors (Lipinski definition) is 17. The third kappa shape index (κ3) is 5.13. The van der Waals surface area contributed by atoms with E-state index in [1.807, 2.05) is 0 Å². The number of aryl methyl sites for hydroxylation is 4. The van der Waals surface area contributed by atoms with Crippen molar-refractivity contribution in [3.05, 3.63) is 41.2 Å². The normalized spacial score (nSPS) is 11.7. The van der Waals surface area contributed by atoms with Gasteiger partial charge in [0.25, 0.3) is 11.9 Å². The van der Waals surface area contributed by atoms with Crippen molar-refractivity contribution in [3.8, 4) is 11.9 Å². The van der Waals surface area contributed by atoms with Gasteiger partial charge in [0, 0.05) is 14.1 Å². The van der Waals surface area contributed by atoms with E-state index in [1.54, 1.807) is 27.9 Å². The van der Waals surface area contributed by atoms with Crippen LogP contribution in [0.3, 0.4) is 0 Å². The number of carbonyl (C=O) groups is 2. The van der Waals surface area contributed by atoms with Gasteiger partial charge in [-0.05, 0) is 13.8 Å². The molecule has 0 fully saturated rings. The second-order valence-corrected chi connectivity index (χ2v) is 9.03. The Balaban J connectivity index is 1.47. The van der Waals surface area contributed by atoms with Gasteiger partial charge >= 0.3 is 5.97 Å². The molecule has 0 unspecified atom stereocenters. The van der Waals surface area contributed by atoms with Gasteiger partial charge in [-0.3, -0.25) is 4.79 Å². The average molecular weight is 604 g/mol. The van der Waals surface area contributed by atoms with E-state index in [2.05, 4.69) is 55.8 Å². The third-order valence-electron chi connectivity index (χ3n) is 6.21. The van der Waals surface area contributed by atoms with Gasteiger partial charge in [0.2, 0.25) is 0 Å². The smallest absolute Gasteiger partial charge is 0.343 e. The molecule has 0 amide bonds. The minimum atomic E-state index is -0.708. The van der Waals surface area contributed by atoms with E-state index in [1.165, 1.54) is 44.6 Å². The van der Waals surface area contributed by atoms with Gasteiger partial charge in [0.05, 0.1) is 36.5 Å². The molecule has 0 bridgehead atoms. The Kier molecular flexibility index (Phi) is 7.68. The van der Waals surface area contributed by atoms with Crippen LogP contribution >= 0.6 is 0 Å². The molecular weight excluding hydrogens is 578 g/mol. The number of aliphatic hydroxyl groups excluding tert-OH is 1. The Morgan fingerprint density at radius 3 is 1.80 bits per heavy atom. The highest BCUT2D eigenvalue weighted by molar-refractivity contribution is 6.00. The number of aliphatic hydroxyl groups is 1. The molecule has 0 radical (unpaired) electrons. The first-order chi connectivity index (χ1) is 21.0. The number of carbonyl (C=O) groups excluding carboxylic acids is 2. The number of methoxy groups -OCH3 is 1. The molecule has 0 aliphatic heterocycles. The zero-order valence-corrected chi connectivity index (χ0v) is 24.0.